The first kappa shape index (κ1) is 21.9. The number of ketones is 1. The predicted octanol–water partition coefficient (Wildman–Crippen LogP) is 3.28. The Bertz CT molecular complexity index is 880. The molecule has 0 aliphatic carbocycles. The molecule has 158 valence electrons. The molecule has 1 saturated heterocycles. The lowest BCUT2D eigenvalue weighted by Crippen LogP contribution is -2.62. The molecule has 2 aromatic rings. The molecule has 1 fully saturated rings. The van der Waals surface area contributed by atoms with Crippen LogP contribution in [-0.2, 0) is 27.3 Å². The number of quaternary nitrogens is 1. The van der Waals surface area contributed by atoms with Crippen molar-refractivity contribution >= 4 is 17.6 Å². The number of rotatable bonds is 9. The fourth-order valence-corrected chi connectivity index (χ4v) is 4.24. The Kier molecular flexibility index (Phi) is 7.16. The zero-order valence-corrected chi connectivity index (χ0v) is 17.8. The molecule has 3 rings (SSSR count). The number of carbonyl (C=O) groups is 3. The summed E-state index contributed by atoms with van der Waals surface area (Å²) in [4.78, 5) is 39.4. The lowest BCUT2D eigenvalue weighted by Gasteiger charge is -2.38. The van der Waals surface area contributed by atoms with Gasteiger partial charge in [0.05, 0.1) is 13.0 Å². The first-order valence-electron chi connectivity index (χ1n) is 10.7. The molecule has 1 aliphatic heterocycles. The maximum atomic E-state index is 13.4. The van der Waals surface area contributed by atoms with Gasteiger partial charge in [0.1, 0.15) is 6.54 Å². The van der Waals surface area contributed by atoms with Crippen LogP contribution < -0.4 is 5.32 Å². The van der Waals surface area contributed by atoms with E-state index in [1.165, 1.54) is 0 Å². The van der Waals surface area contributed by atoms with Crippen molar-refractivity contribution in [3.8, 4) is 0 Å². The molecule has 0 aromatic heterocycles. The number of carbonyl (C=O) groups excluding carboxylic acids is 3. The highest BCUT2D eigenvalue weighted by molar-refractivity contribution is 6.38. The lowest BCUT2D eigenvalue weighted by atomic mass is 9.96. The largest absolute Gasteiger partial charge is 0.349 e. The third kappa shape index (κ3) is 5.03. The summed E-state index contributed by atoms with van der Waals surface area (Å²) in [6, 6.07) is 18.7. The second kappa shape index (κ2) is 9.81. The molecule has 0 bridgehead atoms. The van der Waals surface area contributed by atoms with Gasteiger partial charge < -0.3 is 5.32 Å². The van der Waals surface area contributed by atoms with E-state index < -0.39 is 17.7 Å². The van der Waals surface area contributed by atoms with Crippen LogP contribution in [0.2, 0.25) is 0 Å². The monoisotopic (exact) mass is 407 g/mol. The summed E-state index contributed by atoms with van der Waals surface area (Å²) in [5.74, 6) is -0.791. The lowest BCUT2D eigenvalue weighted by molar-refractivity contribution is -0.875. The van der Waals surface area contributed by atoms with Gasteiger partial charge in [-0.25, -0.2) is 9.28 Å². The Morgan fingerprint density at radius 3 is 2.10 bits per heavy atom. The summed E-state index contributed by atoms with van der Waals surface area (Å²) < 4.78 is 0.0207. The van der Waals surface area contributed by atoms with E-state index in [1.54, 1.807) is 0 Å². The molecule has 1 heterocycles. The molecule has 5 heteroatoms. The van der Waals surface area contributed by atoms with Crippen molar-refractivity contribution in [2.75, 3.05) is 13.1 Å². The van der Waals surface area contributed by atoms with Crippen LogP contribution in [0.5, 0.6) is 0 Å². The second-order valence-electron chi connectivity index (χ2n) is 8.57. The minimum Gasteiger partial charge on any atom is -0.349 e. The molecule has 1 N–H and O–H groups in total. The Balaban J connectivity index is 1.97. The van der Waals surface area contributed by atoms with E-state index in [1.807, 2.05) is 74.5 Å². The second-order valence-corrected chi connectivity index (χ2v) is 8.57. The number of nitrogens with zero attached hydrogens (tertiary/aromatic N) is 1. The number of Topliss-reactive ketones (excluding diaryl/α,β-unsaturated/α-hetero) is 1. The average Bonchev–Trinajstić information content (AvgIpc) is 3.11. The van der Waals surface area contributed by atoms with Crippen molar-refractivity contribution in [1.29, 1.82) is 0 Å². The van der Waals surface area contributed by atoms with Crippen LogP contribution in [0.15, 0.2) is 60.7 Å². The van der Waals surface area contributed by atoms with Gasteiger partial charge in [-0.1, -0.05) is 74.5 Å². The number of hydrogen-bond donors (Lipinski definition) is 1. The smallest absolute Gasteiger partial charge is 0.314 e. The van der Waals surface area contributed by atoms with Crippen LogP contribution in [0.3, 0.4) is 0 Å². The van der Waals surface area contributed by atoms with E-state index in [2.05, 4.69) is 5.32 Å². The molecule has 2 aromatic carbocycles. The Hall–Kier alpha value is -2.79. The van der Waals surface area contributed by atoms with Gasteiger partial charge in [-0.3, -0.25) is 9.59 Å². The minimum atomic E-state index is -0.727. The van der Waals surface area contributed by atoms with Gasteiger partial charge in [-0.05, 0) is 11.5 Å². The molecule has 0 saturated carbocycles. The zero-order valence-electron chi connectivity index (χ0n) is 17.8. The summed E-state index contributed by atoms with van der Waals surface area (Å²) in [6.45, 7) is 5.42. The van der Waals surface area contributed by atoms with Crippen LogP contribution in [0.4, 0.5) is 0 Å². The van der Waals surface area contributed by atoms with Crippen molar-refractivity contribution in [3.63, 3.8) is 0 Å². The molecule has 30 heavy (non-hydrogen) atoms. The topological polar surface area (TPSA) is 63.2 Å². The number of nitrogens with one attached hydrogen (secondary N) is 1. The van der Waals surface area contributed by atoms with Gasteiger partial charge in [0.25, 0.3) is 11.7 Å². The molecular weight excluding hydrogens is 376 g/mol. The number of likely N-dealkylation sites (tertiary alicyclic amines) is 1. The fourth-order valence-electron chi connectivity index (χ4n) is 4.24. The number of amides is 2. The zero-order chi connectivity index (χ0) is 21.6. The molecule has 5 nitrogen and oxygen atoms in total. The highest BCUT2D eigenvalue weighted by Crippen LogP contribution is 2.31. The Morgan fingerprint density at radius 1 is 0.967 bits per heavy atom. The summed E-state index contributed by atoms with van der Waals surface area (Å²) >= 11 is 0. The quantitative estimate of drug-likeness (QED) is 0.513. The highest BCUT2D eigenvalue weighted by Gasteiger charge is 2.52. The summed E-state index contributed by atoms with van der Waals surface area (Å²) in [6.07, 6.45) is 1.55. The number of hydrogen-bond acceptors (Lipinski definition) is 3. The summed E-state index contributed by atoms with van der Waals surface area (Å²) in [5, 5.41) is 2.76. The van der Waals surface area contributed by atoms with Gasteiger partial charge in [-0.2, -0.15) is 0 Å². The molecule has 2 amide bonds. The molecule has 0 spiro atoms. The highest BCUT2D eigenvalue weighted by atomic mass is 16.2. The Morgan fingerprint density at radius 2 is 1.57 bits per heavy atom. The van der Waals surface area contributed by atoms with Gasteiger partial charge in [0.15, 0.2) is 6.04 Å². The van der Waals surface area contributed by atoms with Gasteiger partial charge in [-0.15, -0.1) is 0 Å². The third-order valence-corrected chi connectivity index (χ3v) is 5.82. The van der Waals surface area contributed by atoms with Gasteiger partial charge in [0.2, 0.25) is 0 Å². The standard InChI is InChI=1S/C25H30N2O3/c1-19(2)17-26-25(30)24(29)22(16-20-10-5-3-6-11-20)27(15-9-14-23(27)28)18-21-12-7-4-8-13-21/h3-8,10-13,19,22H,9,14-18H2,1-2H3/p+1/t22-,27?/m1/s1. The van der Waals surface area contributed by atoms with Crippen molar-refractivity contribution < 1.29 is 18.9 Å². The van der Waals surface area contributed by atoms with Gasteiger partial charge >= 0.3 is 5.91 Å². The molecule has 0 radical (unpaired) electrons. The summed E-state index contributed by atoms with van der Waals surface area (Å²) in [5.41, 5.74) is 1.96. The average molecular weight is 408 g/mol. The van der Waals surface area contributed by atoms with E-state index in [4.69, 9.17) is 0 Å². The van der Waals surface area contributed by atoms with Crippen LogP contribution in [0, 0.1) is 5.92 Å². The van der Waals surface area contributed by atoms with Crippen LogP contribution in [0.25, 0.3) is 0 Å². The van der Waals surface area contributed by atoms with E-state index in [-0.39, 0.29) is 16.3 Å². The van der Waals surface area contributed by atoms with Crippen molar-refractivity contribution in [2.45, 2.75) is 45.7 Å². The molecule has 2 atom stereocenters. The number of benzene rings is 2. The van der Waals surface area contributed by atoms with Crippen molar-refractivity contribution in [2.24, 2.45) is 5.92 Å². The predicted molar refractivity (Wildman–Crippen MR) is 116 cm³/mol. The first-order valence-corrected chi connectivity index (χ1v) is 10.7. The fraction of sp³-hybridized carbons (Fsp3) is 0.400. The van der Waals surface area contributed by atoms with Crippen molar-refractivity contribution in [3.05, 3.63) is 71.8 Å². The van der Waals surface area contributed by atoms with Crippen LogP contribution >= 0.6 is 0 Å². The summed E-state index contributed by atoms with van der Waals surface area (Å²) in [7, 11) is 0. The van der Waals surface area contributed by atoms with E-state index in [0.29, 0.717) is 32.5 Å². The minimum absolute atomic E-state index is 0.0207. The van der Waals surface area contributed by atoms with E-state index in [0.717, 1.165) is 17.5 Å². The van der Waals surface area contributed by atoms with Crippen LogP contribution in [0.1, 0.15) is 37.8 Å². The van der Waals surface area contributed by atoms with E-state index >= 15 is 0 Å². The molecular formula is C25H31N2O3+. The Labute approximate surface area is 178 Å². The maximum Gasteiger partial charge on any atom is 0.314 e. The van der Waals surface area contributed by atoms with E-state index in [9.17, 15) is 14.4 Å². The maximum absolute atomic E-state index is 13.4. The van der Waals surface area contributed by atoms with Gasteiger partial charge in [0, 0.05) is 24.9 Å². The first-order chi connectivity index (χ1) is 14.4. The van der Waals surface area contributed by atoms with Crippen molar-refractivity contribution in [1.82, 2.24) is 5.32 Å². The normalized spacial score (nSPS) is 19.6. The SMILES string of the molecule is CC(C)CNC(=O)C(=O)[C@@H](Cc1ccccc1)[N+]1(Cc2ccccc2)CCCC1=O. The third-order valence-electron chi connectivity index (χ3n) is 5.82. The van der Waals surface area contributed by atoms with Crippen LogP contribution in [-0.4, -0.2) is 41.2 Å². The molecule has 1 unspecified atom stereocenters. The molecule has 1 aliphatic rings.